The highest BCUT2D eigenvalue weighted by molar-refractivity contribution is 6.48. The van der Waals surface area contributed by atoms with Gasteiger partial charge in [-0.05, 0) is 28.8 Å². The van der Waals surface area contributed by atoms with Crippen molar-refractivity contribution in [3.63, 3.8) is 0 Å². The van der Waals surface area contributed by atoms with Crippen LogP contribution in [0.2, 0.25) is 20.1 Å². The molecule has 21 heavy (non-hydrogen) atoms. The molecule has 6 heteroatoms. The molecule has 0 saturated heterocycles. The Morgan fingerprint density at radius 3 is 2.48 bits per heavy atom. The van der Waals surface area contributed by atoms with Crippen molar-refractivity contribution in [3.8, 4) is 11.1 Å². The molecule has 0 aliphatic heterocycles. The van der Waals surface area contributed by atoms with Crippen LogP contribution in [0, 0.1) is 0 Å². The van der Waals surface area contributed by atoms with E-state index in [1.54, 1.807) is 6.07 Å². The largest absolute Gasteiger partial charge is 0.324 e. The molecule has 2 aromatic carbocycles. The first-order chi connectivity index (χ1) is 9.90. The highest BCUT2D eigenvalue weighted by Gasteiger charge is 2.28. The quantitative estimate of drug-likeness (QED) is 0.543. The van der Waals surface area contributed by atoms with Gasteiger partial charge in [-0.25, -0.2) is 0 Å². The number of carbonyl (C=O) groups is 1. The summed E-state index contributed by atoms with van der Waals surface area (Å²) in [4.78, 5) is 11.3. The lowest BCUT2D eigenvalue weighted by molar-refractivity contribution is -0.114. The number of carbonyl (C=O) groups excluding carboxylic acids is 1. The van der Waals surface area contributed by atoms with Gasteiger partial charge in [0.15, 0.2) is 0 Å². The first-order valence-electron chi connectivity index (χ1n) is 6.16. The Morgan fingerprint density at radius 1 is 1.10 bits per heavy atom. The van der Waals surface area contributed by atoms with Crippen LogP contribution in [-0.4, -0.2) is 5.91 Å². The van der Waals surface area contributed by atoms with E-state index in [0.717, 1.165) is 22.3 Å². The van der Waals surface area contributed by atoms with Crippen molar-refractivity contribution < 1.29 is 4.79 Å². The summed E-state index contributed by atoms with van der Waals surface area (Å²) >= 11 is 25.1. The molecule has 1 amide bonds. The molecule has 0 spiro atoms. The molecule has 0 aromatic heterocycles. The Labute approximate surface area is 142 Å². The normalized spacial score (nSPS) is 12.0. The fourth-order valence-corrected chi connectivity index (χ4v) is 3.69. The van der Waals surface area contributed by atoms with E-state index in [0.29, 0.717) is 27.2 Å². The number of fused-ring (bicyclic) bond motifs is 3. The monoisotopic (exact) mass is 359 g/mol. The molecule has 2 aromatic rings. The smallest absolute Gasteiger partial charge is 0.221 e. The second-order valence-corrected chi connectivity index (χ2v) is 6.40. The van der Waals surface area contributed by atoms with Gasteiger partial charge in [0.25, 0.3) is 0 Å². The van der Waals surface area contributed by atoms with E-state index in [2.05, 4.69) is 5.32 Å². The van der Waals surface area contributed by atoms with E-state index in [-0.39, 0.29) is 10.9 Å². The number of anilines is 1. The Kier molecular flexibility index (Phi) is 3.83. The fraction of sp³-hybridized carbons (Fsp3) is 0.133. The summed E-state index contributed by atoms with van der Waals surface area (Å²) in [6.07, 6.45) is 0.615. The molecule has 0 fully saturated rings. The molecule has 0 bridgehead atoms. The van der Waals surface area contributed by atoms with Gasteiger partial charge in [0.1, 0.15) is 0 Å². The second kappa shape index (κ2) is 5.36. The van der Waals surface area contributed by atoms with Crippen LogP contribution in [0.5, 0.6) is 0 Å². The van der Waals surface area contributed by atoms with Crippen molar-refractivity contribution in [3.05, 3.63) is 49.4 Å². The third-order valence-electron chi connectivity index (χ3n) is 3.42. The zero-order chi connectivity index (χ0) is 15.3. The van der Waals surface area contributed by atoms with Gasteiger partial charge in [-0.2, -0.15) is 0 Å². The molecule has 1 aliphatic rings. The Bertz CT molecular complexity index is 786. The summed E-state index contributed by atoms with van der Waals surface area (Å²) in [5, 5.41) is 4.36. The van der Waals surface area contributed by atoms with Crippen molar-refractivity contribution in [1.29, 1.82) is 0 Å². The van der Waals surface area contributed by atoms with Crippen LogP contribution < -0.4 is 5.32 Å². The van der Waals surface area contributed by atoms with Crippen LogP contribution in [0.25, 0.3) is 11.1 Å². The number of halogens is 4. The number of amides is 1. The average molecular weight is 361 g/mol. The summed E-state index contributed by atoms with van der Waals surface area (Å²) < 4.78 is 0. The van der Waals surface area contributed by atoms with Gasteiger partial charge >= 0.3 is 0 Å². The first-order valence-corrected chi connectivity index (χ1v) is 7.67. The number of rotatable bonds is 1. The fourth-order valence-electron chi connectivity index (χ4n) is 2.58. The average Bonchev–Trinajstić information content (AvgIpc) is 2.79. The first kappa shape index (κ1) is 15.0. The van der Waals surface area contributed by atoms with Crippen LogP contribution in [-0.2, 0) is 11.2 Å². The van der Waals surface area contributed by atoms with Gasteiger partial charge in [-0.15, -0.1) is 0 Å². The van der Waals surface area contributed by atoms with E-state index < -0.39 is 0 Å². The molecule has 2 nitrogen and oxygen atoms in total. The van der Waals surface area contributed by atoms with Gasteiger partial charge in [0.2, 0.25) is 5.91 Å². The third-order valence-corrected chi connectivity index (χ3v) is 4.93. The Morgan fingerprint density at radius 2 is 1.81 bits per heavy atom. The lowest BCUT2D eigenvalue weighted by atomic mass is 10.0. The second-order valence-electron chi connectivity index (χ2n) is 4.83. The zero-order valence-corrected chi connectivity index (χ0v) is 13.9. The van der Waals surface area contributed by atoms with Gasteiger partial charge in [0.05, 0.1) is 20.8 Å². The van der Waals surface area contributed by atoms with E-state index in [9.17, 15) is 4.79 Å². The summed E-state index contributed by atoms with van der Waals surface area (Å²) in [5.74, 6) is -0.260. The zero-order valence-electron chi connectivity index (χ0n) is 10.9. The summed E-state index contributed by atoms with van der Waals surface area (Å²) in [7, 11) is 0. The SMILES string of the molecule is CC(=O)Nc1c(Cl)c(Cl)c2c(c1Cl)-c1ccc(Cl)cc1C2. The Hall–Kier alpha value is -0.930. The van der Waals surface area contributed by atoms with Crippen molar-refractivity contribution >= 4 is 58.0 Å². The predicted molar refractivity (Wildman–Crippen MR) is 89.0 cm³/mol. The highest BCUT2D eigenvalue weighted by Crippen LogP contribution is 2.51. The lowest BCUT2D eigenvalue weighted by Gasteiger charge is -2.14. The van der Waals surface area contributed by atoms with Crippen molar-refractivity contribution in [2.45, 2.75) is 13.3 Å². The molecule has 3 rings (SSSR count). The van der Waals surface area contributed by atoms with Crippen LogP contribution in [0.15, 0.2) is 18.2 Å². The van der Waals surface area contributed by atoms with Gasteiger partial charge in [0, 0.05) is 23.9 Å². The summed E-state index contributed by atoms with van der Waals surface area (Å²) in [6.45, 7) is 1.39. The number of hydrogen-bond donors (Lipinski definition) is 1. The molecule has 0 heterocycles. The van der Waals surface area contributed by atoms with Crippen LogP contribution >= 0.6 is 46.4 Å². The van der Waals surface area contributed by atoms with E-state index in [1.165, 1.54) is 6.92 Å². The number of hydrogen-bond acceptors (Lipinski definition) is 1. The van der Waals surface area contributed by atoms with Crippen molar-refractivity contribution in [2.24, 2.45) is 0 Å². The van der Waals surface area contributed by atoms with E-state index in [4.69, 9.17) is 46.4 Å². The minimum absolute atomic E-state index is 0.259. The van der Waals surface area contributed by atoms with Crippen LogP contribution in [0.4, 0.5) is 5.69 Å². The molecule has 0 atom stereocenters. The lowest BCUT2D eigenvalue weighted by Crippen LogP contribution is -2.08. The molecule has 1 aliphatic carbocycles. The van der Waals surface area contributed by atoms with Crippen LogP contribution in [0.3, 0.4) is 0 Å². The topological polar surface area (TPSA) is 29.1 Å². The van der Waals surface area contributed by atoms with Gasteiger partial charge in [-0.3, -0.25) is 4.79 Å². The summed E-state index contributed by atoms with van der Waals surface area (Å²) in [5.41, 5.74) is 4.01. The summed E-state index contributed by atoms with van der Waals surface area (Å²) in [6, 6.07) is 5.58. The standard InChI is InChI=1S/C15H9Cl4NO/c1-6(21)20-15-13(18)11-9-3-2-8(16)4-7(9)5-10(11)12(17)14(15)19/h2-4H,5H2,1H3,(H,20,21). The minimum Gasteiger partial charge on any atom is -0.324 e. The van der Waals surface area contributed by atoms with E-state index >= 15 is 0 Å². The molecule has 0 unspecified atom stereocenters. The molecular formula is C15H9Cl4NO. The molecule has 108 valence electrons. The van der Waals surface area contributed by atoms with Gasteiger partial charge in [-0.1, -0.05) is 52.5 Å². The molecule has 0 radical (unpaired) electrons. The van der Waals surface area contributed by atoms with Gasteiger partial charge < -0.3 is 5.32 Å². The highest BCUT2D eigenvalue weighted by atomic mass is 35.5. The third kappa shape index (κ3) is 2.40. The number of benzene rings is 2. The number of nitrogens with one attached hydrogen (secondary N) is 1. The Balaban J connectivity index is 2.29. The van der Waals surface area contributed by atoms with Crippen molar-refractivity contribution in [1.82, 2.24) is 0 Å². The minimum atomic E-state index is -0.260. The maximum Gasteiger partial charge on any atom is 0.221 e. The molecular weight excluding hydrogens is 352 g/mol. The maximum atomic E-state index is 11.3. The van der Waals surface area contributed by atoms with Crippen molar-refractivity contribution in [2.75, 3.05) is 5.32 Å². The van der Waals surface area contributed by atoms with Crippen LogP contribution in [0.1, 0.15) is 18.1 Å². The molecule has 1 N–H and O–H groups in total. The maximum absolute atomic E-state index is 11.3. The predicted octanol–water partition coefficient (Wildman–Crippen LogP) is 5.83. The molecule has 0 saturated carbocycles. The van der Waals surface area contributed by atoms with E-state index in [1.807, 2.05) is 12.1 Å².